The van der Waals surface area contributed by atoms with Gasteiger partial charge < -0.3 is 11.5 Å². The lowest BCUT2D eigenvalue weighted by Gasteiger charge is -2.03. The van der Waals surface area contributed by atoms with Gasteiger partial charge in [0, 0.05) is 23.3 Å². The first-order chi connectivity index (χ1) is 7.59. The molecule has 1 aromatic rings. The highest BCUT2D eigenvalue weighted by atomic mass is 32.2. The highest BCUT2D eigenvalue weighted by molar-refractivity contribution is 7.99. The van der Waals surface area contributed by atoms with Crippen LogP contribution < -0.4 is 16.8 Å². The van der Waals surface area contributed by atoms with Crippen LogP contribution in [0.2, 0.25) is 0 Å². The number of anilines is 1. The van der Waals surface area contributed by atoms with E-state index >= 15 is 0 Å². The molecule has 7 heteroatoms. The van der Waals surface area contributed by atoms with Gasteiger partial charge in [0.2, 0.25) is 5.91 Å². The minimum absolute atomic E-state index is 0.204. The van der Waals surface area contributed by atoms with E-state index in [1.54, 1.807) is 18.5 Å². The smallest absolute Gasteiger partial charge is 0.318 e. The van der Waals surface area contributed by atoms with Gasteiger partial charge in [-0.05, 0) is 6.07 Å². The number of hydrogen-bond acceptors (Lipinski definition) is 5. The lowest BCUT2D eigenvalue weighted by Crippen LogP contribution is -2.35. The number of hydrogen-bond donors (Lipinski definition) is 3. The monoisotopic (exact) mass is 240 g/mol. The molecule has 0 radical (unpaired) electrons. The van der Waals surface area contributed by atoms with Crippen molar-refractivity contribution in [2.75, 3.05) is 11.5 Å². The minimum Gasteiger partial charge on any atom is -0.397 e. The number of carbonyl (C=O) groups is 2. The van der Waals surface area contributed by atoms with Gasteiger partial charge >= 0.3 is 6.03 Å². The van der Waals surface area contributed by atoms with Crippen molar-refractivity contribution in [3.63, 3.8) is 0 Å². The Kier molecular flexibility index (Phi) is 4.59. The lowest BCUT2D eigenvalue weighted by molar-refractivity contribution is -0.119. The predicted molar refractivity (Wildman–Crippen MR) is 61.7 cm³/mol. The number of urea groups is 1. The number of nitrogens with one attached hydrogen (secondary N) is 1. The van der Waals surface area contributed by atoms with Crippen LogP contribution in [0.5, 0.6) is 0 Å². The van der Waals surface area contributed by atoms with Crippen LogP contribution in [0.1, 0.15) is 6.42 Å². The third-order valence-electron chi connectivity index (χ3n) is 1.66. The van der Waals surface area contributed by atoms with Gasteiger partial charge in [-0.25, -0.2) is 4.79 Å². The minimum atomic E-state index is -0.835. The second kappa shape index (κ2) is 5.96. The maximum atomic E-state index is 11.1. The Hall–Kier alpha value is -1.76. The van der Waals surface area contributed by atoms with Crippen molar-refractivity contribution >= 4 is 29.4 Å². The van der Waals surface area contributed by atoms with Gasteiger partial charge in [0.05, 0.1) is 11.9 Å². The van der Waals surface area contributed by atoms with Crippen LogP contribution in [0.15, 0.2) is 23.4 Å². The molecule has 3 amide bonds. The lowest BCUT2D eigenvalue weighted by atomic mass is 10.4. The summed E-state index contributed by atoms with van der Waals surface area (Å²) in [6.07, 6.45) is 3.38. The highest BCUT2D eigenvalue weighted by Gasteiger charge is 2.05. The number of pyridine rings is 1. The number of carbonyl (C=O) groups excluding carboxylic acids is 2. The van der Waals surface area contributed by atoms with Crippen LogP contribution >= 0.6 is 11.8 Å². The van der Waals surface area contributed by atoms with Crippen molar-refractivity contribution in [2.45, 2.75) is 11.3 Å². The van der Waals surface area contributed by atoms with E-state index in [0.717, 1.165) is 4.90 Å². The quantitative estimate of drug-likeness (QED) is 0.657. The van der Waals surface area contributed by atoms with Crippen LogP contribution in [0, 0.1) is 0 Å². The molecule has 0 atom stereocenters. The van der Waals surface area contributed by atoms with Crippen molar-refractivity contribution in [3.8, 4) is 0 Å². The summed E-state index contributed by atoms with van der Waals surface area (Å²) in [5.41, 5.74) is 11.0. The number of nitrogens with two attached hydrogens (primary N) is 2. The summed E-state index contributed by atoms with van der Waals surface area (Å²) < 4.78 is 0. The Morgan fingerprint density at radius 3 is 2.88 bits per heavy atom. The van der Waals surface area contributed by atoms with Gasteiger partial charge in [-0.3, -0.25) is 15.1 Å². The number of nitrogen functional groups attached to an aromatic ring is 1. The van der Waals surface area contributed by atoms with Crippen molar-refractivity contribution in [1.29, 1.82) is 0 Å². The third-order valence-corrected chi connectivity index (χ3v) is 2.75. The molecule has 1 heterocycles. The second-order valence-corrected chi connectivity index (χ2v) is 4.06. The third kappa shape index (κ3) is 4.18. The van der Waals surface area contributed by atoms with E-state index in [0.29, 0.717) is 11.4 Å². The number of amides is 3. The molecule has 5 N–H and O–H groups in total. The van der Waals surface area contributed by atoms with Crippen molar-refractivity contribution in [1.82, 2.24) is 10.3 Å². The summed E-state index contributed by atoms with van der Waals surface area (Å²) in [5.74, 6) is 0.125. The van der Waals surface area contributed by atoms with E-state index in [9.17, 15) is 9.59 Å². The molecule has 1 aromatic heterocycles. The van der Waals surface area contributed by atoms with Crippen molar-refractivity contribution in [3.05, 3.63) is 18.5 Å². The van der Waals surface area contributed by atoms with Gasteiger partial charge in [-0.2, -0.15) is 0 Å². The number of rotatable bonds is 4. The molecule has 0 saturated heterocycles. The zero-order chi connectivity index (χ0) is 12.0. The number of imide groups is 1. The van der Waals surface area contributed by atoms with E-state index in [1.165, 1.54) is 11.8 Å². The number of nitrogens with zero attached hydrogens (tertiary/aromatic N) is 1. The van der Waals surface area contributed by atoms with Crippen LogP contribution in [0.25, 0.3) is 0 Å². The fourth-order valence-corrected chi connectivity index (χ4v) is 1.86. The molecule has 86 valence electrons. The van der Waals surface area contributed by atoms with E-state index < -0.39 is 11.9 Å². The van der Waals surface area contributed by atoms with Crippen LogP contribution in [0.4, 0.5) is 10.5 Å². The van der Waals surface area contributed by atoms with E-state index in [2.05, 4.69) is 4.98 Å². The van der Waals surface area contributed by atoms with Gasteiger partial charge in [0.15, 0.2) is 0 Å². The molecular weight excluding hydrogens is 228 g/mol. The van der Waals surface area contributed by atoms with Gasteiger partial charge in [-0.15, -0.1) is 11.8 Å². The summed E-state index contributed by atoms with van der Waals surface area (Å²) in [6, 6.07) is 0.935. The van der Waals surface area contributed by atoms with Gasteiger partial charge in [-0.1, -0.05) is 0 Å². The van der Waals surface area contributed by atoms with Crippen LogP contribution in [-0.4, -0.2) is 22.7 Å². The molecule has 0 aromatic carbocycles. The molecule has 0 unspecified atom stereocenters. The fraction of sp³-hybridized carbons (Fsp3) is 0.222. The first kappa shape index (κ1) is 12.3. The molecular formula is C9H12N4O2S. The molecule has 0 aliphatic carbocycles. The first-order valence-corrected chi connectivity index (χ1v) is 5.49. The predicted octanol–water partition coefficient (Wildman–Crippen LogP) is 0.341. The Balaban J connectivity index is 2.33. The second-order valence-electron chi connectivity index (χ2n) is 2.92. The first-order valence-electron chi connectivity index (χ1n) is 4.51. The SMILES string of the molecule is NC(=O)NC(=O)CCSc1ccncc1N. The maximum Gasteiger partial charge on any atom is 0.318 e. The normalized spacial score (nSPS) is 9.75. The Morgan fingerprint density at radius 2 is 2.25 bits per heavy atom. The summed E-state index contributed by atoms with van der Waals surface area (Å²) in [4.78, 5) is 26.1. The largest absolute Gasteiger partial charge is 0.397 e. The van der Waals surface area contributed by atoms with E-state index in [4.69, 9.17) is 11.5 Å². The zero-order valence-electron chi connectivity index (χ0n) is 8.47. The molecule has 0 bridgehead atoms. The molecule has 0 fully saturated rings. The van der Waals surface area contributed by atoms with Crippen molar-refractivity contribution in [2.24, 2.45) is 5.73 Å². The molecule has 0 aliphatic heterocycles. The molecule has 1 rings (SSSR count). The number of aromatic nitrogens is 1. The zero-order valence-corrected chi connectivity index (χ0v) is 9.29. The van der Waals surface area contributed by atoms with Crippen molar-refractivity contribution < 1.29 is 9.59 Å². The molecule has 0 saturated carbocycles. The van der Waals surface area contributed by atoms with Crippen LogP contribution in [-0.2, 0) is 4.79 Å². The van der Waals surface area contributed by atoms with E-state index in [-0.39, 0.29) is 6.42 Å². The van der Waals surface area contributed by atoms with Gasteiger partial charge in [0.25, 0.3) is 0 Å². The average Bonchev–Trinajstić information content (AvgIpc) is 2.19. The Bertz CT molecular complexity index is 397. The summed E-state index contributed by atoms with van der Waals surface area (Å²) in [5, 5.41) is 1.99. The van der Waals surface area contributed by atoms with Gasteiger partial charge in [0.1, 0.15) is 0 Å². The van der Waals surface area contributed by atoms with E-state index in [1.807, 2.05) is 5.32 Å². The molecule has 6 nitrogen and oxygen atoms in total. The summed E-state index contributed by atoms with van der Waals surface area (Å²) in [7, 11) is 0. The Morgan fingerprint density at radius 1 is 1.50 bits per heavy atom. The number of primary amides is 1. The molecule has 0 spiro atoms. The van der Waals surface area contributed by atoms with Crippen LogP contribution in [0.3, 0.4) is 0 Å². The molecule has 16 heavy (non-hydrogen) atoms. The Labute approximate surface area is 96.8 Å². The molecule has 0 aliphatic rings. The highest BCUT2D eigenvalue weighted by Crippen LogP contribution is 2.23. The topological polar surface area (TPSA) is 111 Å². The fourth-order valence-electron chi connectivity index (χ4n) is 0.979. The maximum absolute atomic E-state index is 11.1. The summed E-state index contributed by atoms with van der Waals surface area (Å²) in [6.45, 7) is 0. The average molecular weight is 240 g/mol. The summed E-state index contributed by atoms with van der Waals surface area (Å²) >= 11 is 1.42. The number of thioether (sulfide) groups is 1. The standard InChI is InChI=1S/C9H12N4O2S/c10-6-5-12-3-1-7(6)16-4-2-8(14)13-9(11)15/h1,3,5H,2,4,10H2,(H3,11,13,14,15).